The highest BCUT2D eigenvalue weighted by Crippen LogP contribution is 2.16. The summed E-state index contributed by atoms with van der Waals surface area (Å²) in [6, 6.07) is 12.9. The number of para-hydroxylation sites is 1. The highest BCUT2D eigenvalue weighted by molar-refractivity contribution is 7.89. The van der Waals surface area contributed by atoms with Crippen molar-refractivity contribution in [1.82, 2.24) is 4.83 Å². The molecule has 0 aliphatic heterocycles. The van der Waals surface area contributed by atoms with Gasteiger partial charge in [-0.3, -0.25) is 0 Å². The average Bonchev–Trinajstić information content (AvgIpc) is 2.54. The van der Waals surface area contributed by atoms with E-state index in [2.05, 4.69) is 9.93 Å². The summed E-state index contributed by atoms with van der Waals surface area (Å²) in [6.07, 6.45) is 1.25. The molecule has 2 N–H and O–H groups in total. The van der Waals surface area contributed by atoms with E-state index in [1.165, 1.54) is 18.3 Å². The lowest BCUT2D eigenvalue weighted by Crippen LogP contribution is -2.18. The molecule has 8 heteroatoms. The summed E-state index contributed by atoms with van der Waals surface area (Å²) >= 11 is 0. The lowest BCUT2D eigenvalue weighted by molar-refractivity contribution is -0.139. The summed E-state index contributed by atoms with van der Waals surface area (Å²) in [6.45, 7) is 1.36. The first-order chi connectivity index (χ1) is 11.4. The van der Waals surface area contributed by atoms with Crippen LogP contribution in [-0.2, 0) is 14.8 Å². The van der Waals surface area contributed by atoms with Crippen molar-refractivity contribution in [2.45, 2.75) is 11.8 Å². The molecule has 0 saturated heterocycles. The second-order valence-corrected chi connectivity index (χ2v) is 6.55. The predicted octanol–water partition coefficient (Wildman–Crippen LogP) is 1.77. The number of hydrogen-bond acceptors (Lipinski definition) is 5. The summed E-state index contributed by atoms with van der Waals surface area (Å²) in [5, 5.41) is 12.4. The van der Waals surface area contributed by atoms with E-state index in [1.54, 1.807) is 36.4 Å². The Hall–Kier alpha value is -2.87. The number of benzene rings is 2. The summed E-state index contributed by atoms with van der Waals surface area (Å²) in [5.74, 6) is -0.819. The van der Waals surface area contributed by atoms with E-state index in [9.17, 15) is 13.2 Å². The second kappa shape index (κ2) is 7.60. The summed E-state index contributed by atoms with van der Waals surface area (Å²) in [7, 11) is -3.77. The molecule has 0 aromatic heterocycles. The number of nitrogens with one attached hydrogen (secondary N) is 1. The molecule has 2 rings (SSSR count). The maximum Gasteiger partial charge on any atom is 0.341 e. The molecule has 24 heavy (non-hydrogen) atoms. The normalized spacial score (nSPS) is 11.4. The van der Waals surface area contributed by atoms with Crippen molar-refractivity contribution in [1.29, 1.82) is 0 Å². The zero-order valence-corrected chi connectivity index (χ0v) is 13.7. The second-order valence-electron chi connectivity index (χ2n) is 4.89. The molecule has 0 fully saturated rings. The summed E-state index contributed by atoms with van der Waals surface area (Å²) in [5.41, 5.74) is 1.40. The van der Waals surface area contributed by atoms with Crippen molar-refractivity contribution in [2.75, 3.05) is 6.61 Å². The minimum Gasteiger partial charge on any atom is -0.481 e. The Bertz CT molecular complexity index is 845. The number of carboxylic acids is 1. The van der Waals surface area contributed by atoms with Gasteiger partial charge in [-0.1, -0.05) is 29.8 Å². The van der Waals surface area contributed by atoms with Crippen LogP contribution < -0.4 is 9.57 Å². The first-order valence-electron chi connectivity index (χ1n) is 6.93. The van der Waals surface area contributed by atoms with Crippen molar-refractivity contribution in [3.8, 4) is 5.75 Å². The number of aliphatic carboxylic acids is 1. The van der Waals surface area contributed by atoms with Gasteiger partial charge in [0.1, 0.15) is 5.75 Å². The third kappa shape index (κ3) is 4.82. The van der Waals surface area contributed by atoms with Gasteiger partial charge in [0.2, 0.25) is 0 Å². The molecule has 2 aromatic rings. The molecule has 0 radical (unpaired) electrons. The number of aryl methyl sites for hydroxylation is 1. The maximum absolute atomic E-state index is 12.1. The third-order valence-corrected chi connectivity index (χ3v) is 4.22. The van der Waals surface area contributed by atoms with Crippen LogP contribution in [-0.4, -0.2) is 32.3 Å². The number of hydrogen-bond donors (Lipinski definition) is 2. The van der Waals surface area contributed by atoms with Crippen molar-refractivity contribution < 1.29 is 23.1 Å². The van der Waals surface area contributed by atoms with Crippen molar-refractivity contribution >= 4 is 22.2 Å². The van der Waals surface area contributed by atoms with Crippen LogP contribution in [0.2, 0.25) is 0 Å². The van der Waals surface area contributed by atoms with Crippen LogP contribution in [0.15, 0.2) is 58.5 Å². The van der Waals surface area contributed by atoms with Gasteiger partial charge in [-0.2, -0.15) is 13.5 Å². The fraction of sp³-hybridized carbons (Fsp3) is 0.125. The third-order valence-electron chi connectivity index (χ3n) is 2.98. The zero-order chi connectivity index (χ0) is 17.6. The number of rotatable bonds is 7. The molecule has 126 valence electrons. The molecule has 0 spiro atoms. The van der Waals surface area contributed by atoms with Crippen LogP contribution in [0.5, 0.6) is 5.75 Å². The van der Waals surface area contributed by atoms with Gasteiger partial charge in [0, 0.05) is 5.56 Å². The van der Waals surface area contributed by atoms with Crippen LogP contribution in [0.1, 0.15) is 11.1 Å². The number of sulfonamides is 1. The van der Waals surface area contributed by atoms with Crippen LogP contribution >= 0.6 is 0 Å². The van der Waals surface area contributed by atoms with Gasteiger partial charge in [0.25, 0.3) is 10.0 Å². The standard InChI is InChI=1S/C16H16N2O5S/c1-12-6-8-14(9-7-12)24(21,22)18-17-10-13-4-2-3-5-15(13)23-11-16(19)20/h2-10,18H,11H2,1H3,(H,19,20)/b17-10+. The first-order valence-corrected chi connectivity index (χ1v) is 8.42. The molecule has 0 bridgehead atoms. The number of carbonyl (C=O) groups is 1. The van der Waals surface area contributed by atoms with E-state index in [4.69, 9.17) is 9.84 Å². The topological polar surface area (TPSA) is 105 Å². The van der Waals surface area contributed by atoms with Crippen LogP contribution in [0.4, 0.5) is 0 Å². The minimum absolute atomic E-state index is 0.0978. The molecule has 2 aromatic carbocycles. The molecular weight excluding hydrogens is 332 g/mol. The molecule has 0 saturated carbocycles. The highest BCUT2D eigenvalue weighted by Gasteiger charge is 2.12. The molecule has 0 heterocycles. The fourth-order valence-corrected chi connectivity index (χ4v) is 2.58. The number of hydrazone groups is 1. The van der Waals surface area contributed by atoms with E-state index in [-0.39, 0.29) is 10.6 Å². The zero-order valence-electron chi connectivity index (χ0n) is 12.8. The average molecular weight is 348 g/mol. The highest BCUT2D eigenvalue weighted by atomic mass is 32.2. The van der Waals surface area contributed by atoms with Gasteiger partial charge >= 0.3 is 5.97 Å². The molecule has 0 aliphatic carbocycles. The Morgan fingerprint density at radius 3 is 2.54 bits per heavy atom. The van der Waals surface area contributed by atoms with E-state index in [0.717, 1.165) is 5.56 Å². The van der Waals surface area contributed by atoms with E-state index in [1.807, 2.05) is 6.92 Å². The van der Waals surface area contributed by atoms with Gasteiger partial charge in [-0.15, -0.1) is 0 Å². The van der Waals surface area contributed by atoms with Gasteiger partial charge in [-0.25, -0.2) is 9.63 Å². The SMILES string of the molecule is Cc1ccc(S(=O)(=O)N/N=C/c2ccccc2OCC(=O)O)cc1. The maximum atomic E-state index is 12.1. The molecule has 0 unspecified atom stereocenters. The molecule has 0 amide bonds. The Labute approximate surface area is 139 Å². The lowest BCUT2D eigenvalue weighted by atomic mass is 10.2. The van der Waals surface area contributed by atoms with Crippen LogP contribution in [0.3, 0.4) is 0 Å². The van der Waals surface area contributed by atoms with E-state index >= 15 is 0 Å². The number of nitrogens with zero attached hydrogens (tertiary/aromatic N) is 1. The number of carboxylic acid groups (broad SMARTS) is 1. The Morgan fingerprint density at radius 2 is 1.88 bits per heavy atom. The monoisotopic (exact) mass is 348 g/mol. The molecular formula is C16H16N2O5S. The van der Waals surface area contributed by atoms with Gasteiger partial charge in [0.05, 0.1) is 11.1 Å². The quantitative estimate of drug-likeness (QED) is 0.586. The van der Waals surface area contributed by atoms with Crippen molar-refractivity contribution in [2.24, 2.45) is 5.10 Å². The lowest BCUT2D eigenvalue weighted by Gasteiger charge is -2.07. The fourth-order valence-electron chi connectivity index (χ4n) is 1.79. The predicted molar refractivity (Wildman–Crippen MR) is 88.7 cm³/mol. The van der Waals surface area contributed by atoms with Gasteiger partial charge in [-0.05, 0) is 31.2 Å². The Balaban J connectivity index is 2.11. The first kappa shape index (κ1) is 17.5. The smallest absolute Gasteiger partial charge is 0.341 e. The Morgan fingerprint density at radius 1 is 1.21 bits per heavy atom. The summed E-state index contributed by atoms with van der Waals surface area (Å²) in [4.78, 5) is 12.8. The molecule has 7 nitrogen and oxygen atoms in total. The van der Waals surface area contributed by atoms with E-state index < -0.39 is 22.6 Å². The van der Waals surface area contributed by atoms with Gasteiger partial charge in [0.15, 0.2) is 6.61 Å². The van der Waals surface area contributed by atoms with Crippen molar-refractivity contribution in [3.05, 3.63) is 59.7 Å². The molecule has 0 aliphatic rings. The van der Waals surface area contributed by atoms with Crippen molar-refractivity contribution in [3.63, 3.8) is 0 Å². The molecule has 0 atom stereocenters. The largest absolute Gasteiger partial charge is 0.481 e. The van der Waals surface area contributed by atoms with Gasteiger partial charge < -0.3 is 9.84 Å². The Kier molecular flexibility index (Phi) is 5.54. The van der Waals surface area contributed by atoms with E-state index in [0.29, 0.717) is 5.56 Å². The minimum atomic E-state index is -3.77. The number of ether oxygens (including phenoxy) is 1. The van der Waals surface area contributed by atoms with Crippen LogP contribution in [0, 0.1) is 6.92 Å². The summed E-state index contributed by atoms with van der Waals surface area (Å²) < 4.78 is 29.3. The van der Waals surface area contributed by atoms with Crippen LogP contribution in [0.25, 0.3) is 0 Å².